The van der Waals surface area contributed by atoms with Crippen LogP contribution in [0.25, 0.3) is 0 Å². The normalized spacial score (nSPS) is 18.1. The van der Waals surface area contributed by atoms with Gasteiger partial charge in [0.25, 0.3) is 0 Å². The predicted octanol–water partition coefficient (Wildman–Crippen LogP) is 0.735. The molecule has 1 aromatic heterocycles. The standard InChI is InChI=1S/C14H25N5O/c1-3-12(4-5-15)18-6-8-19(9-7-18)13-10-14(20-2)17-11-16-13/h10-12H,3-9,15H2,1-2H3. The van der Waals surface area contributed by atoms with Gasteiger partial charge in [0.1, 0.15) is 12.1 Å². The van der Waals surface area contributed by atoms with Crippen molar-refractivity contribution in [3.63, 3.8) is 0 Å². The van der Waals surface area contributed by atoms with E-state index in [9.17, 15) is 0 Å². The summed E-state index contributed by atoms with van der Waals surface area (Å²) in [5, 5.41) is 0. The molecule has 2 heterocycles. The van der Waals surface area contributed by atoms with E-state index in [1.807, 2.05) is 6.07 Å². The highest BCUT2D eigenvalue weighted by atomic mass is 16.5. The van der Waals surface area contributed by atoms with Gasteiger partial charge in [0, 0.05) is 38.3 Å². The maximum atomic E-state index is 5.69. The monoisotopic (exact) mass is 279 g/mol. The van der Waals surface area contributed by atoms with Gasteiger partial charge in [0.05, 0.1) is 7.11 Å². The molecule has 0 amide bonds. The minimum atomic E-state index is 0.613. The van der Waals surface area contributed by atoms with Crippen LogP contribution in [0.3, 0.4) is 0 Å². The molecule has 1 aliphatic heterocycles. The summed E-state index contributed by atoms with van der Waals surface area (Å²) >= 11 is 0. The Morgan fingerprint density at radius 2 is 2.05 bits per heavy atom. The van der Waals surface area contributed by atoms with Crippen LogP contribution >= 0.6 is 0 Å². The SMILES string of the molecule is CCC(CCN)N1CCN(c2cc(OC)ncn2)CC1. The van der Waals surface area contributed by atoms with Crippen molar-refractivity contribution in [2.24, 2.45) is 5.73 Å². The highest BCUT2D eigenvalue weighted by Crippen LogP contribution is 2.19. The first-order chi connectivity index (χ1) is 9.78. The predicted molar refractivity (Wildman–Crippen MR) is 80.1 cm³/mol. The van der Waals surface area contributed by atoms with Crippen molar-refractivity contribution in [1.29, 1.82) is 0 Å². The lowest BCUT2D eigenvalue weighted by atomic mass is 10.1. The summed E-state index contributed by atoms with van der Waals surface area (Å²) in [5.74, 6) is 1.57. The summed E-state index contributed by atoms with van der Waals surface area (Å²) in [6.07, 6.45) is 3.81. The van der Waals surface area contributed by atoms with Gasteiger partial charge >= 0.3 is 0 Å². The number of nitrogens with two attached hydrogens (primary N) is 1. The number of hydrogen-bond donors (Lipinski definition) is 1. The van der Waals surface area contributed by atoms with Crippen molar-refractivity contribution < 1.29 is 4.74 Å². The fraction of sp³-hybridized carbons (Fsp3) is 0.714. The van der Waals surface area contributed by atoms with Crippen LogP contribution in [0.2, 0.25) is 0 Å². The largest absolute Gasteiger partial charge is 0.481 e. The van der Waals surface area contributed by atoms with Gasteiger partial charge in [-0.05, 0) is 19.4 Å². The average Bonchev–Trinajstić information content (AvgIpc) is 2.53. The van der Waals surface area contributed by atoms with Crippen LogP contribution in [-0.4, -0.2) is 60.7 Å². The summed E-state index contributed by atoms with van der Waals surface area (Å²) in [5.41, 5.74) is 5.69. The number of anilines is 1. The summed E-state index contributed by atoms with van der Waals surface area (Å²) < 4.78 is 5.15. The van der Waals surface area contributed by atoms with Crippen molar-refractivity contribution in [2.45, 2.75) is 25.8 Å². The number of aromatic nitrogens is 2. The molecule has 0 saturated carbocycles. The van der Waals surface area contributed by atoms with Gasteiger partial charge in [-0.2, -0.15) is 0 Å². The van der Waals surface area contributed by atoms with Gasteiger partial charge in [-0.3, -0.25) is 4.90 Å². The zero-order chi connectivity index (χ0) is 14.4. The first-order valence-corrected chi connectivity index (χ1v) is 7.33. The van der Waals surface area contributed by atoms with Crippen molar-refractivity contribution in [3.05, 3.63) is 12.4 Å². The Labute approximate surface area is 120 Å². The second-order valence-corrected chi connectivity index (χ2v) is 5.08. The minimum absolute atomic E-state index is 0.613. The van der Waals surface area contributed by atoms with Crippen molar-refractivity contribution in [3.8, 4) is 5.88 Å². The molecule has 0 aliphatic carbocycles. The lowest BCUT2D eigenvalue weighted by molar-refractivity contribution is 0.173. The Morgan fingerprint density at radius 1 is 1.30 bits per heavy atom. The molecular weight excluding hydrogens is 254 g/mol. The van der Waals surface area contributed by atoms with E-state index in [0.717, 1.165) is 45.0 Å². The molecule has 1 saturated heterocycles. The topological polar surface area (TPSA) is 67.5 Å². The number of piperazine rings is 1. The van der Waals surface area contributed by atoms with Crippen LogP contribution in [0.5, 0.6) is 5.88 Å². The summed E-state index contributed by atoms with van der Waals surface area (Å²) in [6, 6.07) is 2.51. The molecule has 2 rings (SSSR count). The lowest BCUT2D eigenvalue weighted by Crippen LogP contribution is -2.50. The highest BCUT2D eigenvalue weighted by molar-refractivity contribution is 5.41. The van der Waals surface area contributed by atoms with E-state index in [4.69, 9.17) is 10.5 Å². The van der Waals surface area contributed by atoms with Gasteiger partial charge in [0.2, 0.25) is 5.88 Å². The van der Waals surface area contributed by atoms with E-state index in [0.29, 0.717) is 11.9 Å². The molecule has 1 aliphatic rings. The molecule has 0 radical (unpaired) electrons. The van der Waals surface area contributed by atoms with E-state index in [1.165, 1.54) is 6.42 Å². The van der Waals surface area contributed by atoms with Gasteiger partial charge in [-0.15, -0.1) is 0 Å². The quantitative estimate of drug-likeness (QED) is 0.828. The van der Waals surface area contributed by atoms with Crippen LogP contribution in [-0.2, 0) is 0 Å². The van der Waals surface area contributed by atoms with E-state index < -0.39 is 0 Å². The number of ether oxygens (including phenoxy) is 1. The highest BCUT2D eigenvalue weighted by Gasteiger charge is 2.23. The number of methoxy groups -OCH3 is 1. The minimum Gasteiger partial charge on any atom is -0.481 e. The fourth-order valence-electron chi connectivity index (χ4n) is 2.77. The average molecular weight is 279 g/mol. The maximum Gasteiger partial charge on any atom is 0.218 e. The van der Waals surface area contributed by atoms with Gasteiger partial charge in [-0.1, -0.05) is 6.92 Å². The first-order valence-electron chi connectivity index (χ1n) is 7.33. The van der Waals surface area contributed by atoms with Gasteiger partial charge < -0.3 is 15.4 Å². The third-order valence-electron chi connectivity index (χ3n) is 3.96. The second-order valence-electron chi connectivity index (χ2n) is 5.08. The molecule has 0 aromatic carbocycles. The molecule has 1 aromatic rings. The second kappa shape index (κ2) is 7.40. The third-order valence-corrected chi connectivity index (χ3v) is 3.96. The van der Waals surface area contributed by atoms with Crippen LogP contribution in [0.1, 0.15) is 19.8 Å². The molecule has 2 N–H and O–H groups in total. The van der Waals surface area contributed by atoms with E-state index in [2.05, 4.69) is 26.7 Å². The molecule has 20 heavy (non-hydrogen) atoms. The van der Waals surface area contributed by atoms with Gasteiger partial charge in [0.15, 0.2) is 0 Å². The van der Waals surface area contributed by atoms with E-state index in [-0.39, 0.29) is 0 Å². The molecule has 1 unspecified atom stereocenters. The number of hydrogen-bond acceptors (Lipinski definition) is 6. The molecular formula is C14H25N5O. The number of rotatable bonds is 6. The molecule has 6 nitrogen and oxygen atoms in total. The van der Waals surface area contributed by atoms with E-state index in [1.54, 1.807) is 13.4 Å². The lowest BCUT2D eigenvalue weighted by Gasteiger charge is -2.39. The Balaban J connectivity index is 1.93. The molecule has 0 bridgehead atoms. The third kappa shape index (κ3) is 3.58. The van der Waals surface area contributed by atoms with Gasteiger partial charge in [-0.25, -0.2) is 9.97 Å². The zero-order valence-corrected chi connectivity index (χ0v) is 12.5. The number of nitrogens with zero attached hydrogens (tertiary/aromatic N) is 4. The fourth-order valence-corrected chi connectivity index (χ4v) is 2.77. The summed E-state index contributed by atoms with van der Waals surface area (Å²) in [4.78, 5) is 13.2. The molecule has 0 spiro atoms. The maximum absolute atomic E-state index is 5.69. The Kier molecular flexibility index (Phi) is 5.55. The first kappa shape index (κ1) is 15.0. The summed E-state index contributed by atoms with van der Waals surface area (Å²) in [7, 11) is 1.63. The molecule has 6 heteroatoms. The van der Waals surface area contributed by atoms with E-state index >= 15 is 0 Å². The Morgan fingerprint density at radius 3 is 2.65 bits per heavy atom. The zero-order valence-electron chi connectivity index (χ0n) is 12.5. The van der Waals surface area contributed by atoms with Crippen molar-refractivity contribution in [1.82, 2.24) is 14.9 Å². The Hall–Kier alpha value is -1.40. The molecule has 112 valence electrons. The smallest absolute Gasteiger partial charge is 0.218 e. The summed E-state index contributed by atoms with van der Waals surface area (Å²) in [6.45, 7) is 7.10. The Bertz CT molecular complexity index is 406. The molecule has 1 fully saturated rings. The van der Waals surface area contributed by atoms with Crippen molar-refractivity contribution >= 4 is 5.82 Å². The van der Waals surface area contributed by atoms with Crippen LogP contribution in [0, 0.1) is 0 Å². The van der Waals surface area contributed by atoms with Crippen molar-refractivity contribution in [2.75, 3.05) is 44.7 Å². The molecule has 1 atom stereocenters. The van der Waals surface area contributed by atoms with Crippen LogP contribution < -0.4 is 15.4 Å². The van der Waals surface area contributed by atoms with Crippen LogP contribution in [0.4, 0.5) is 5.82 Å². The van der Waals surface area contributed by atoms with Crippen LogP contribution in [0.15, 0.2) is 12.4 Å².